The second-order valence-corrected chi connectivity index (χ2v) is 7.57. The van der Waals surface area contributed by atoms with Crippen LogP contribution in [-0.2, 0) is 22.7 Å². The minimum Gasteiger partial charge on any atom is -0.368 e. The number of amides is 1. The van der Waals surface area contributed by atoms with Gasteiger partial charge in [-0.15, -0.1) is 0 Å². The SMILES string of the molecule is Cc1cc(C)n(CCC(=O)N2CCCC(OCc3noc(-c4cccnc4)n3)C2)n1. The van der Waals surface area contributed by atoms with Crippen molar-refractivity contribution in [3.63, 3.8) is 0 Å². The monoisotopic (exact) mass is 410 g/mol. The summed E-state index contributed by atoms with van der Waals surface area (Å²) in [5.41, 5.74) is 2.82. The maximum Gasteiger partial charge on any atom is 0.259 e. The number of piperidine rings is 1. The lowest BCUT2D eigenvalue weighted by molar-refractivity contribution is -0.136. The molecule has 1 saturated heterocycles. The Morgan fingerprint density at radius 2 is 2.27 bits per heavy atom. The predicted molar refractivity (Wildman–Crippen MR) is 108 cm³/mol. The molecule has 0 radical (unpaired) electrons. The summed E-state index contributed by atoms with van der Waals surface area (Å²) in [4.78, 5) is 23.0. The molecule has 0 aromatic carbocycles. The first kappa shape index (κ1) is 20.2. The highest BCUT2D eigenvalue weighted by Crippen LogP contribution is 2.18. The molecule has 158 valence electrons. The highest BCUT2D eigenvalue weighted by Gasteiger charge is 2.24. The molecule has 4 heterocycles. The van der Waals surface area contributed by atoms with E-state index in [1.807, 2.05) is 41.6 Å². The number of aromatic nitrogens is 5. The maximum absolute atomic E-state index is 12.7. The van der Waals surface area contributed by atoms with Crippen molar-refractivity contribution in [1.29, 1.82) is 0 Å². The number of carbonyl (C=O) groups is 1. The second kappa shape index (κ2) is 9.17. The van der Waals surface area contributed by atoms with E-state index in [0.717, 1.165) is 36.3 Å². The van der Waals surface area contributed by atoms with Crippen molar-refractivity contribution >= 4 is 5.91 Å². The number of pyridine rings is 1. The molecule has 0 bridgehead atoms. The van der Waals surface area contributed by atoms with E-state index in [1.54, 1.807) is 12.4 Å². The number of nitrogens with zero attached hydrogens (tertiary/aromatic N) is 6. The molecule has 4 rings (SSSR count). The maximum atomic E-state index is 12.7. The van der Waals surface area contributed by atoms with Gasteiger partial charge in [0.2, 0.25) is 5.91 Å². The van der Waals surface area contributed by atoms with E-state index in [9.17, 15) is 4.79 Å². The van der Waals surface area contributed by atoms with Gasteiger partial charge in [0.15, 0.2) is 5.82 Å². The number of hydrogen-bond donors (Lipinski definition) is 0. The number of rotatable bonds is 7. The normalized spacial score (nSPS) is 16.7. The Bertz CT molecular complexity index is 984. The molecule has 30 heavy (non-hydrogen) atoms. The molecule has 0 spiro atoms. The van der Waals surface area contributed by atoms with Crippen molar-refractivity contribution in [3.05, 3.63) is 47.8 Å². The molecule has 1 aliphatic rings. The Balaban J connectivity index is 1.26. The number of ether oxygens (including phenoxy) is 1. The van der Waals surface area contributed by atoms with E-state index in [4.69, 9.17) is 9.26 Å². The van der Waals surface area contributed by atoms with Crippen LogP contribution in [0.5, 0.6) is 0 Å². The highest BCUT2D eigenvalue weighted by atomic mass is 16.5. The summed E-state index contributed by atoms with van der Waals surface area (Å²) in [6, 6.07) is 5.70. The van der Waals surface area contributed by atoms with Crippen LogP contribution in [0.25, 0.3) is 11.5 Å². The molecular formula is C21H26N6O3. The zero-order chi connectivity index (χ0) is 20.9. The Hall–Kier alpha value is -3.07. The Kier molecular flexibility index (Phi) is 6.18. The lowest BCUT2D eigenvalue weighted by atomic mass is 10.1. The van der Waals surface area contributed by atoms with Crippen molar-refractivity contribution < 1.29 is 14.1 Å². The van der Waals surface area contributed by atoms with E-state index in [-0.39, 0.29) is 18.6 Å². The fourth-order valence-corrected chi connectivity index (χ4v) is 3.67. The summed E-state index contributed by atoms with van der Waals surface area (Å²) >= 11 is 0. The van der Waals surface area contributed by atoms with Crippen LogP contribution in [0.2, 0.25) is 0 Å². The third-order valence-corrected chi connectivity index (χ3v) is 5.20. The second-order valence-electron chi connectivity index (χ2n) is 7.57. The Morgan fingerprint density at radius 1 is 1.37 bits per heavy atom. The molecule has 0 saturated carbocycles. The average Bonchev–Trinajstić information content (AvgIpc) is 3.37. The number of aryl methyl sites for hydroxylation is 3. The molecular weight excluding hydrogens is 384 g/mol. The molecule has 1 aliphatic heterocycles. The van der Waals surface area contributed by atoms with Crippen LogP contribution in [0.4, 0.5) is 0 Å². The minimum atomic E-state index is -0.0308. The predicted octanol–water partition coefficient (Wildman–Crippen LogP) is 2.54. The first-order valence-corrected chi connectivity index (χ1v) is 10.2. The van der Waals surface area contributed by atoms with Gasteiger partial charge >= 0.3 is 0 Å². The van der Waals surface area contributed by atoms with Crippen molar-refractivity contribution in [2.75, 3.05) is 13.1 Å². The van der Waals surface area contributed by atoms with Gasteiger partial charge in [-0.05, 0) is 44.9 Å². The summed E-state index contributed by atoms with van der Waals surface area (Å²) in [7, 11) is 0. The van der Waals surface area contributed by atoms with Crippen molar-refractivity contribution in [3.8, 4) is 11.5 Å². The Labute approximate surface area is 175 Å². The molecule has 3 aromatic rings. The number of likely N-dealkylation sites (tertiary alicyclic amines) is 1. The Morgan fingerprint density at radius 3 is 3.03 bits per heavy atom. The lowest BCUT2D eigenvalue weighted by Crippen LogP contribution is -2.43. The largest absolute Gasteiger partial charge is 0.368 e. The van der Waals surface area contributed by atoms with Gasteiger partial charge in [-0.2, -0.15) is 10.1 Å². The summed E-state index contributed by atoms with van der Waals surface area (Å²) < 4.78 is 13.1. The minimum absolute atomic E-state index is 0.0308. The van der Waals surface area contributed by atoms with Gasteiger partial charge in [0.25, 0.3) is 5.89 Å². The fraction of sp³-hybridized carbons (Fsp3) is 0.476. The van der Waals surface area contributed by atoms with Gasteiger partial charge in [-0.25, -0.2) is 0 Å². The summed E-state index contributed by atoms with van der Waals surface area (Å²) in [5, 5.41) is 8.40. The fourth-order valence-electron chi connectivity index (χ4n) is 3.67. The molecule has 1 fully saturated rings. The van der Waals surface area contributed by atoms with Gasteiger partial charge < -0.3 is 14.2 Å². The molecule has 1 unspecified atom stereocenters. The van der Waals surface area contributed by atoms with E-state index >= 15 is 0 Å². The van der Waals surface area contributed by atoms with E-state index < -0.39 is 0 Å². The van der Waals surface area contributed by atoms with Gasteiger partial charge in [0, 0.05) is 44.1 Å². The van der Waals surface area contributed by atoms with Gasteiger partial charge in [-0.1, -0.05) is 5.16 Å². The molecule has 9 nitrogen and oxygen atoms in total. The van der Waals surface area contributed by atoms with Crippen molar-refractivity contribution in [2.45, 2.75) is 52.4 Å². The topological polar surface area (TPSA) is 99.2 Å². The molecule has 3 aromatic heterocycles. The van der Waals surface area contributed by atoms with Crippen LogP contribution in [0.15, 0.2) is 35.1 Å². The van der Waals surface area contributed by atoms with Gasteiger partial charge in [0.1, 0.15) is 6.61 Å². The third kappa shape index (κ3) is 4.91. The molecule has 0 aliphatic carbocycles. The van der Waals surface area contributed by atoms with Crippen LogP contribution < -0.4 is 0 Å². The molecule has 1 amide bonds. The van der Waals surface area contributed by atoms with Crippen molar-refractivity contribution in [2.24, 2.45) is 0 Å². The number of carbonyl (C=O) groups excluding carboxylic acids is 1. The van der Waals surface area contributed by atoms with Crippen molar-refractivity contribution in [1.82, 2.24) is 29.8 Å². The first-order chi connectivity index (χ1) is 14.6. The third-order valence-electron chi connectivity index (χ3n) is 5.20. The van der Waals surface area contributed by atoms with Crippen LogP contribution in [-0.4, -0.2) is 54.9 Å². The average molecular weight is 410 g/mol. The summed E-state index contributed by atoms with van der Waals surface area (Å²) in [6.07, 6.45) is 5.61. The zero-order valence-corrected chi connectivity index (χ0v) is 17.3. The van der Waals surface area contributed by atoms with Crippen LogP contribution in [0.1, 0.15) is 36.5 Å². The highest BCUT2D eigenvalue weighted by molar-refractivity contribution is 5.76. The zero-order valence-electron chi connectivity index (χ0n) is 17.3. The standard InChI is InChI=1S/C21H26N6O3/c1-15-11-16(2)27(24-15)10-7-20(28)26-9-4-6-18(13-26)29-14-19-23-21(30-25-19)17-5-3-8-22-12-17/h3,5,8,11-12,18H,4,6-7,9-10,13-14H2,1-2H3. The number of hydrogen-bond acceptors (Lipinski definition) is 7. The van der Waals surface area contributed by atoms with Crippen LogP contribution >= 0.6 is 0 Å². The smallest absolute Gasteiger partial charge is 0.259 e. The molecule has 0 N–H and O–H groups in total. The quantitative estimate of drug-likeness (QED) is 0.590. The van der Waals surface area contributed by atoms with Gasteiger partial charge in [0.05, 0.1) is 17.4 Å². The molecule has 9 heteroatoms. The summed E-state index contributed by atoms with van der Waals surface area (Å²) in [5.74, 6) is 1.04. The van der Waals surface area contributed by atoms with Gasteiger partial charge in [-0.3, -0.25) is 14.5 Å². The summed E-state index contributed by atoms with van der Waals surface area (Å²) in [6.45, 7) is 6.17. The van der Waals surface area contributed by atoms with E-state index in [2.05, 4.69) is 20.2 Å². The van der Waals surface area contributed by atoms with Crippen LogP contribution in [0.3, 0.4) is 0 Å². The van der Waals surface area contributed by atoms with E-state index in [0.29, 0.717) is 31.2 Å². The van der Waals surface area contributed by atoms with E-state index in [1.165, 1.54) is 0 Å². The molecule has 1 atom stereocenters. The first-order valence-electron chi connectivity index (χ1n) is 10.2. The van der Waals surface area contributed by atoms with Crippen LogP contribution in [0, 0.1) is 13.8 Å². The lowest BCUT2D eigenvalue weighted by Gasteiger charge is -2.32.